The maximum absolute atomic E-state index is 12.2. The highest BCUT2D eigenvalue weighted by molar-refractivity contribution is 5.81. The second-order valence-electron chi connectivity index (χ2n) is 5.01. The summed E-state index contributed by atoms with van der Waals surface area (Å²) in [5.41, 5.74) is 0. The molecule has 1 fully saturated rings. The van der Waals surface area contributed by atoms with Crippen LogP contribution in [0.15, 0.2) is 22.8 Å². The number of amides is 1. The fraction of sp³-hybridized carbons (Fsp3) is 0.643. The summed E-state index contributed by atoms with van der Waals surface area (Å²) < 4.78 is 5.33. The predicted molar refractivity (Wildman–Crippen MR) is 70.2 cm³/mol. The summed E-state index contributed by atoms with van der Waals surface area (Å²) in [6, 6.07) is 3.69. The largest absolute Gasteiger partial charge is 0.468 e. The van der Waals surface area contributed by atoms with Gasteiger partial charge in [0, 0.05) is 13.1 Å². The van der Waals surface area contributed by atoms with Crippen molar-refractivity contribution in [1.29, 1.82) is 0 Å². The summed E-state index contributed by atoms with van der Waals surface area (Å²) in [6.07, 6.45) is 5.16. The number of piperidine rings is 1. The Morgan fingerprint density at radius 1 is 1.33 bits per heavy atom. The molecule has 0 saturated carbocycles. The van der Waals surface area contributed by atoms with Crippen LogP contribution in [0.5, 0.6) is 0 Å². The van der Waals surface area contributed by atoms with E-state index in [2.05, 4.69) is 5.32 Å². The standard InChI is InChI=1S/C14H22N2O2/c1-11(13-7-6-10-18-13)15-12(2)14(17)16-8-4-3-5-9-16/h6-7,10-12,15H,3-5,8-9H2,1-2H3. The molecular formula is C14H22N2O2. The average molecular weight is 250 g/mol. The zero-order chi connectivity index (χ0) is 13.0. The highest BCUT2D eigenvalue weighted by Gasteiger charge is 2.23. The van der Waals surface area contributed by atoms with Crippen molar-refractivity contribution < 1.29 is 9.21 Å². The summed E-state index contributed by atoms with van der Waals surface area (Å²) in [4.78, 5) is 14.2. The maximum Gasteiger partial charge on any atom is 0.239 e. The molecule has 18 heavy (non-hydrogen) atoms. The van der Waals surface area contributed by atoms with Gasteiger partial charge in [-0.15, -0.1) is 0 Å². The number of furan rings is 1. The van der Waals surface area contributed by atoms with Crippen molar-refractivity contribution in [2.75, 3.05) is 13.1 Å². The monoisotopic (exact) mass is 250 g/mol. The lowest BCUT2D eigenvalue weighted by molar-refractivity contribution is -0.134. The van der Waals surface area contributed by atoms with Crippen molar-refractivity contribution in [2.24, 2.45) is 0 Å². The van der Waals surface area contributed by atoms with Gasteiger partial charge in [0.1, 0.15) is 5.76 Å². The first-order valence-corrected chi connectivity index (χ1v) is 6.76. The van der Waals surface area contributed by atoms with Crippen LogP contribution in [-0.2, 0) is 4.79 Å². The summed E-state index contributed by atoms with van der Waals surface area (Å²) >= 11 is 0. The van der Waals surface area contributed by atoms with E-state index < -0.39 is 0 Å². The molecule has 1 aromatic heterocycles. The molecule has 100 valence electrons. The third-order valence-corrected chi connectivity index (χ3v) is 3.51. The van der Waals surface area contributed by atoms with Gasteiger partial charge in [-0.3, -0.25) is 10.1 Å². The van der Waals surface area contributed by atoms with Gasteiger partial charge >= 0.3 is 0 Å². The number of hydrogen-bond donors (Lipinski definition) is 1. The van der Waals surface area contributed by atoms with Gasteiger partial charge in [-0.1, -0.05) is 0 Å². The Morgan fingerprint density at radius 3 is 2.67 bits per heavy atom. The van der Waals surface area contributed by atoms with E-state index in [9.17, 15) is 4.79 Å². The lowest BCUT2D eigenvalue weighted by atomic mass is 10.1. The molecule has 0 aliphatic carbocycles. The summed E-state index contributed by atoms with van der Waals surface area (Å²) in [7, 11) is 0. The molecule has 1 aliphatic heterocycles. The quantitative estimate of drug-likeness (QED) is 0.892. The van der Waals surface area contributed by atoms with Crippen LogP contribution in [0, 0.1) is 0 Å². The third-order valence-electron chi connectivity index (χ3n) is 3.51. The summed E-state index contributed by atoms with van der Waals surface area (Å²) in [6.45, 7) is 5.75. The van der Waals surface area contributed by atoms with Gasteiger partial charge < -0.3 is 9.32 Å². The Balaban J connectivity index is 1.86. The second-order valence-corrected chi connectivity index (χ2v) is 5.01. The fourth-order valence-electron chi connectivity index (χ4n) is 2.45. The van der Waals surface area contributed by atoms with E-state index in [0.717, 1.165) is 31.7 Å². The fourth-order valence-corrected chi connectivity index (χ4v) is 2.45. The molecule has 2 heterocycles. The minimum Gasteiger partial charge on any atom is -0.468 e. The van der Waals surface area contributed by atoms with Crippen molar-refractivity contribution in [3.63, 3.8) is 0 Å². The van der Waals surface area contributed by atoms with E-state index in [1.165, 1.54) is 6.42 Å². The van der Waals surface area contributed by atoms with Gasteiger partial charge in [0.25, 0.3) is 0 Å². The van der Waals surface area contributed by atoms with Crippen LogP contribution >= 0.6 is 0 Å². The second kappa shape index (κ2) is 6.05. The van der Waals surface area contributed by atoms with Crippen LogP contribution in [0.4, 0.5) is 0 Å². The molecule has 4 nitrogen and oxygen atoms in total. The molecule has 1 amide bonds. The smallest absolute Gasteiger partial charge is 0.239 e. The van der Waals surface area contributed by atoms with Crippen LogP contribution in [-0.4, -0.2) is 29.9 Å². The Kier molecular flexibility index (Phi) is 4.42. The van der Waals surface area contributed by atoms with E-state index in [1.807, 2.05) is 30.9 Å². The van der Waals surface area contributed by atoms with Crippen LogP contribution < -0.4 is 5.32 Å². The first-order chi connectivity index (χ1) is 8.68. The SMILES string of the molecule is CC(NC(C)c1ccco1)C(=O)N1CCCCC1. The van der Waals surface area contributed by atoms with Crippen LogP contribution in [0.2, 0.25) is 0 Å². The number of nitrogens with zero attached hydrogens (tertiary/aromatic N) is 1. The zero-order valence-corrected chi connectivity index (χ0v) is 11.2. The highest BCUT2D eigenvalue weighted by Crippen LogP contribution is 2.15. The Morgan fingerprint density at radius 2 is 2.06 bits per heavy atom. The molecule has 2 atom stereocenters. The number of carbonyl (C=O) groups is 1. The molecule has 1 aromatic rings. The number of nitrogens with one attached hydrogen (secondary N) is 1. The van der Waals surface area contributed by atoms with Crippen molar-refractivity contribution in [1.82, 2.24) is 10.2 Å². The predicted octanol–water partition coefficient (Wildman–Crippen LogP) is 2.33. The van der Waals surface area contributed by atoms with Crippen molar-refractivity contribution in [2.45, 2.75) is 45.2 Å². The number of hydrogen-bond acceptors (Lipinski definition) is 3. The summed E-state index contributed by atoms with van der Waals surface area (Å²) in [5, 5.41) is 3.29. The van der Waals surface area contributed by atoms with E-state index in [0.29, 0.717) is 0 Å². The molecular weight excluding hydrogens is 228 g/mol. The van der Waals surface area contributed by atoms with Gasteiger partial charge in [0.2, 0.25) is 5.91 Å². The van der Waals surface area contributed by atoms with Gasteiger partial charge in [0.15, 0.2) is 0 Å². The average Bonchev–Trinajstić information content (AvgIpc) is 2.92. The van der Waals surface area contributed by atoms with Crippen LogP contribution in [0.3, 0.4) is 0 Å². The maximum atomic E-state index is 12.2. The molecule has 2 unspecified atom stereocenters. The minimum atomic E-state index is -0.164. The number of carbonyl (C=O) groups excluding carboxylic acids is 1. The van der Waals surface area contributed by atoms with Gasteiger partial charge in [0.05, 0.1) is 18.3 Å². The topological polar surface area (TPSA) is 45.5 Å². The van der Waals surface area contributed by atoms with E-state index in [-0.39, 0.29) is 18.0 Å². The molecule has 0 spiro atoms. The molecule has 4 heteroatoms. The van der Waals surface area contributed by atoms with Crippen molar-refractivity contribution in [3.05, 3.63) is 24.2 Å². The van der Waals surface area contributed by atoms with Gasteiger partial charge in [-0.25, -0.2) is 0 Å². The lowest BCUT2D eigenvalue weighted by Gasteiger charge is -2.30. The van der Waals surface area contributed by atoms with E-state index >= 15 is 0 Å². The normalized spacial score (nSPS) is 19.6. The molecule has 1 N–H and O–H groups in total. The molecule has 0 radical (unpaired) electrons. The first-order valence-electron chi connectivity index (χ1n) is 6.76. The number of likely N-dealkylation sites (tertiary alicyclic amines) is 1. The Bertz CT molecular complexity index is 369. The minimum absolute atomic E-state index is 0.0590. The molecule has 1 saturated heterocycles. The molecule has 1 aliphatic rings. The molecule has 2 rings (SSSR count). The summed E-state index contributed by atoms with van der Waals surface area (Å²) in [5.74, 6) is 1.07. The van der Waals surface area contributed by atoms with Crippen molar-refractivity contribution >= 4 is 5.91 Å². The Labute approximate surface area is 108 Å². The van der Waals surface area contributed by atoms with Crippen LogP contribution in [0.1, 0.15) is 44.9 Å². The van der Waals surface area contributed by atoms with Crippen LogP contribution in [0.25, 0.3) is 0 Å². The highest BCUT2D eigenvalue weighted by atomic mass is 16.3. The first kappa shape index (κ1) is 13.1. The zero-order valence-electron chi connectivity index (χ0n) is 11.2. The van der Waals surface area contributed by atoms with E-state index in [4.69, 9.17) is 4.42 Å². The Hall–Kier alpha value is -1.29. The lowest BCUT2D eigenvalue weighted by Crippen LogP contribution is -2.47. The molecule has 0 bridgehead atoms. The van der Waals surface area contributed by atoms with Crippen molar-refractivity contribution in [3.8, 4) is 0 Å². The van der Waals surface area contributed by atoms with Gasteiger partial charge in [-0.2, -0.15) is 0 Å². The van der Waals surface area contributed by atoms with Gasteiger partial charge in [-0.05, 0) is 45.2 Å². The third kappa shape index (κ3) is 3.13. The number of rotatable bonds is 4. The van der Waals surface area contributed by atoms with E-state index in [1.54, 1.807) is 6.26 Å². The molecule has 0 aromatic carbocycles.